The van der Waals surface area contributed by atoms with Crippen molar-refractivity contribution in [3.05, 3.63) is 48.5 Å². The van der Waals surface area contributed by atoms with Crippen molar-refractivity contribution in [3.8, 4) is 5.69 Å². The number of nitrogens with zero attached hydrogens (tertiary/aromatic N) is 1. The van der Waals surface area contributed by atoms with E-state index in [1.807, 2.05) is 35.4 Å². The highest BCUT2D eigenvalue weighted by molar-refractivity contribution is 5.89. The van der Waals surface area contributed by atoms with Crippen LogP contribution in [0.25, 0.3) is 5.69 Å². The molecule has 82 valence electrons. The molecule has 0 unspecified atom stereocenters. The second-order valence-electron chi connectivity index (χ2n) is 3.29. The van der Waals surface area contributed by atoms with E-state index in [4.69, 9.17) is 4.74 Å². The molecule has 4 heteroatoms. The van der Waals surface area contributed by atoms with Crippen LogP contribution in [-0.4, -0.2) is 17.6 Å². The lowest BCUT2D eigenvalue weighted by Crippen LogP contribution is -2.26. The van der Waals surface area contributed by atoms with Crippen LogP contribution in [0, 0.1) is 0 Å². The summed E-state index contributed by atoms with van der Waals surface area (Å²) in [6, 6.07) is 7.26. The molecule has 0 amide bonds. The number of aromatic nitrogens is 2. The van der Waals surface area contributed by atoms with Crippen molar-refractivity contribution in [2.24, 2.45) is 0 Å². The van der Waals surface area contributed by atoms with Gasteiger partial charge in [-0.2, -0.15) is 0 Å². The fourth-order valence-corrected chi connectivity index (χ4v) is 1.43. The molecule has 4 nitrogen and oxygen atoms in total. The monoisotopic (exact) mass is 217 g/mol. The number of imidazole rings is 1. The third-order valence-corrected chi connectivity index (χ3v) is 2.22. The van der Waals surface area contributed by atoms with Gasteiger partial charge in [0.25, 0.3) is 0 Å². The van der Waals surface area contributed by atoms with E-state index in [0.717, 1.165) is 5.69 Å². The van der Waals surface area contributed by atoms with E-state index in [1.54, 1.807) is 19.1 Å². The van der Waals surface area contributed by atoms with Crippen LogP contribution in [0.1, 0.15) is 17.3 Å². The topological polar surface area (TPSA) is 46.0 Å². The molecule has 0 aliphatic rings. The molecule has 0 saturated carbocycles. The summed E-state index contributed by atoms with van der Waals surface area (Å²) in [6.07, 6.45) is 5.57. The van der Waals surface area contributed by atoms with Crippen LogP contribution in [-0.2, 0) is 4.74 Å². The molecular formula is C12H13N2O2+. The molecule has 0 spiro atoms. The van der Waals surface area contributed by atoms with Gasteiger partial charge in [0, 0.05) is 0 Å². The van der Waals surface area contributed by atoms with Gasteiger partial charge in [-0.3, -0.25) is 0 Å². The number of rotatable bonds is 3. The van der Waals surface area contributed by atoms with Gasteiger partial charge in [0.15, 0.2) is 0 Å². The summed E-state index contributed by atoms with van der Waals surface area (Å²) in [4.78, 5) is 14.4. The van der Waals surface area contributed by atoms with Crippen LogP contribution in [0.5, 0.6) is 0 Å². The van der Waals surface area contributed by atoms with Gasteiger partial charge < -0.3 is 4.74 Å². The lowest BCUT2D eigenvalue weighted by atomic mass is 10.2. The summed E-state index contributed by atoms with van der Waals surface area (Å²) in [5.41, 5.74) is 1.57. The van der Waals surface area contributed by atoms with E-state index >= 15 is 0 Å². The normalized spacial score (nSPS) is 10.1. The van der Waals surface area contributed by atoms with Gasteiger partial charge in [-0.15, -0.1) is 0 Å². The van der Waals surface area contributed by atoms with E-state index in [0.29, 0.717) is 12.2 Å². The number of carbonyl (C=O) groups is 1. The van der Waals surface area contributed by atoms with Crippen molar-refractivity contribution in [3.63, 3.8) is 0 Å². The number of esters is 1. The molecule has 0 bridgehead atoms. The zero-order valence-corrected chi connectivity index (χ0v) is 9.01. The largest absolute Gasteiger partial charge is 0.462 e. The fraction of sp³-hybridized carbons (Fsp3) is 0.167. The maximum absolute atomic E-state index is 11.4. The zero-order chi connectivity index (χ0) is 11.4. The van der Waals surface area contributed by atoms with Crippen molar-refractivity contribution in [1.82, 2.24) is 4.98 Å². The summed E-state index contributed by atoms with van der Waals surface area (Å²) >= 11 is 0. The Morgan fingerprint density at radius 2 is 2.12 bits per heavy atom. The Kier molecular flexibility index (Phi) is 3.00. The molecule has 2 aromatic rings. The van der Waals surface area contributed by atoms with E-state index in [-0.39, 0.29) is 5.97 Å². The van der Waals surface area contributed by atoms with Crippen LogP contribution >= 0.6 is 0 Å². The van der Waals surface area contributed by atoms with Gasteiger partial charge in [0.2, 0.25) is 6.33 Å². The minimum atomic E-state index is -0.284. The van der Waals surface area contributed by atoms with Gasteiger partial charge >= 0.3 is 5.97 Å². The molecule has 0 saturated heterocycles. The quantitative estimate of drug-likeness (QED) is 0.625. The highest BCUT2D eigenvalue weighted by Gasteiger charge is 2.07. The van der Waals surface area contributed by atoms with Gasteiger partial charge in [-0.25, -0.2) is 14.3 Å². The first-order valence-corrected chi connectivity index (χ1v) is 5.13. The van der Waals surface area contributed by atoms with Crippen molar-refractivity contribution >= 4 is 5.97 Å². The summed E-state index contributed by atoms with van der Waals surface area (Å²) in [5.74, 6) is -0.284. The zero-order valence-electron chi connectivity index (χ0n) is 9.01. The SMILES string of the molecule is CCOC(=O)c1ccc(-[n+]2cc[nH]c2)cc1. The molecular weight excluding hydrogens is 204 g/mol. The number of carbonyl (C=O) groups excluding carboxylic acids is 1. The second kappa shape index (κ2) is 4.61. The number of H-pyrrole nitrogens is 1. The van der Waals surface area contributed by atoms with Crippen LogP contribution in [0.15, 0.2) is 43.0 Å². The minimum absolute atomic E-state index is 0.284. The van der Waals surface area contributed by atoms with E-state index in [1.165, 1.54) is 0 Å². The lowest BCUT2D eigenvalue weighted by molar-refractivity contribution is -0.594. The van der Waals surface area contributed by atoms with Crippen molar-refractivity contribution < 1.29 is 14.1 Å². The average Bonchev–Trinajstić information content (AvgIpc) is 2.83. The predicted molar refractivity (Wildman–Crippen MR) is 58.3 cm³/mol. The Hall–Kier alpha value is -2.10. The van der Waals surface area contributed by atoms with Crippen molar-refractivity contribution in [1.29, 1.82) is 0 Å². The van der Waals surface area contributed by atoms with Crippen molar-refractivity contribution in [2.75, 3.05) is 6.61 Å². The van der Waals surface area contributed by atoms with Crippen molar-refractivity contribution in [2.45, 2.75) is 6.92 Å². The maximum atomic E-state index is 11.4. The average molecular weight is 217 g/mol. The smallest absolute Gasteiger partial charge is 0.338 e. The first kappa shape index (κ1) is 10.4. The Bertz CT molecular complexity index is 460. The molecule has 16 heavy (non-hydrogen) atoms. The van der Waals surface area contributed by atoms with Gasteiger partial charge in [-0.1, -0.05) is 0 Å². The standard InChI is InChI=1S/C12H12N2O2/c1-2-16-12(15)10-3-5-11(6-4-10)14-8-7-13-9-14/h3-9H,2H2,1H3/p+1. The van der Waals surface area contributed by atoms with E-state index in [2.05, 4.69) is 4.98 Å². The Balaban J connectivity index is 2.20. The fourth-order valence-electron chi connectivity index (χ4n) is 1.43. The second-order valence-corrected chi connectivity index (χ2v) is 3.29. The first-order chi connectivity index (χ1) is 7.81. The Labute approximate surface area is 93.5 Å². The molecule has 0 aliphatic heterocycles. The number of aromatic amines is 1. The third-order valence-electron chi connectivity index (χ3n) is 2.22. The lowest BCUT2D eigenvalue weighted by Gasteiger charge is -2.01. The maximum Gasteiger partial charge on any atom is 0.338 e. The third kappa shape index (κ3) is 2.11. The van der Waals surface area contributed by atoms with Gasteiger partial charge in [0.1, 0.15) is 18.1 Å². The molecule has 2 rings (SSSR count). The molecule has 0 radical (unpaired) electrons. The van der Waals surface area contributed by atoms with Crippen LogP contribution in [0.2, 0.25) is 0 Å². The number of hydrogen-bond donors (Lipinski definition) is 1. The van der Waals surface area contributed by atoms with E-state index < -0.39 is 0 Å². The number of nitrogens with one attached hydrogen (secondary N) is 1. The van der Waals surface area contributed by atoms with Crippen LogP contribution < -0.4 is 4.57 Å². The molecule has 1 aromatic heterocycles. The van der Waals surface area contributed by atoms with Crippen LogP contribution in [0.4, 0.5) is 0 Å². The summed E-state index contributed by atoms with van der Waals surface area (Å²) in [7, 11) is 0. The summed E-state index contributed by atoms with van der Waals surface area (Å²) < 4.78 is 6.83. The molecule has 0 fully saturated rings. The summed E-state index contributed by atoms with van der Waals surface area (Å²) in [6.45, 7) is 2.19. The Morgan fingerprint density at radius 3 is 2.69 bits per heavy atom. The van der Waals surface area contributed by atoms with Gasteiger partial charge in [-0.05, 0) is 31.2 Å². The first-order valence-electron chi connectivity index (χ1n) is 5.13. The Morgan fingerprint density at radius 1 is 1.38 bits per heavy atom. The highest BCUT2D eigenvalue weighted by Crippen LogP contribution is 2.05. The number of hydrogen-bond acceptors (Lipinski definition) is 2. The molecule has 1 N–H and O–H groups in total. The molecule has 1 aromatic carbocycles. The van der Waals surface area contributed by atoms with E-state index in [9.17, 15) is 4.79 Å². The summed E-state index contributed by atoms with van der Waals surface area (Å²) in [5, 5.41) is 0. The number of ether oxygens (including phenoxy) is 1. The molecule has 0 aliphatic carbocycles. The van der Waals surface area contributed by atoms with Gasteiger partial charge in [0.05, 0.1) is 12.2 Å². The molecule has 1 heterocycles. The van der Waals surface area contributed by atoms with Crippen LogP contribution in [0.3, 0.4) is 0 Å². The number of benzene rings is 1. The predicted octanol–water partition coefficient (Wildman–Crippen LogP) is 1.47. The molecule has 0 atom stereocenters. The highest BCUT2D eigenvalue weighted by atomic mass is 16.5. The minimum Gasteiger partial charge on any atom is -0.462 e.